The quantitative estimate of drug-likeness (QED) is 0.0220. The van der Waals surface area contributed by atoms with Crippen LogP contribution in [0.4, 0.5) is 31.8 Å². The molecule has 11 heterocycles. The first kappa shape index (κ1) is 85.4. The number of urea groups is 3. The molecular weight excluding hydrogens is 1590 g/mol. The summed E-state index contributed by atoms with van der Waals surface area (Å²) in [5, 5.41) is 44.9. The number of hydrogen-bond donors (Lipinski definition) is 9. The lowest BCUT2D eigenvalue weighted by Gasteiger charge is -2.29. The van der Waals surface area contributed by atoms with Gasteiger partial charge in [-0.15, -0.1) is 0 Å². The first-order valence-electron chi connectivity index (χ1n) is 42.2. The van der Waals surface area contributed by atoms with Crippen LogP contribution in [0.1, 0.15) is 139 Å². The largest absolute Gasteiger partial charge is 0.481 e. The lowest BCUT2D eigenvalue weighted by atomic mass is 9.80. The number of hydrogen-bond acceptors (Lipinski definition) is 26. The Morgan fingerprint density at radius 3 is 1.22 bits per heavy atom. The molecule has 9 aromatic rings. The molecule has 5 saturated heterocycles. The fourth-order valence-electron chi connectivity index (χ4n) is 18.2. The smallest absolute Gasteiger partial charge is 0.320 e. The van der Waals surface area contributed by atoms with Crippen molar-refractivity contribution in [3.8, 4) is 0 Å². The van der Waals surface area contributed by atoms with Gasteiger partial charge in [0.2, 0.25) is 0 Å². The van der Waals surface area contributed by atoms with Gasteiger partial charge in [-0.3, -0.25) is 39.5 Å². The van der Waals surface area contributed by atoms with Crippen LogP contribution in [0.2, 0.25) is 0 Å². The molecule has 123 heavy (non-hydrogen) atoms. The van der Waals surface area contributed by atoms with Crippen molar-refractivity contribution in [3.63, 3.8) is 0 Å². The van der Waals surface area contributed by atoms with Gasteiger partial charge in [0.15, 0.2) is 82.3 Å². The van der Waals surface area contributed by atoms with Crippen molar-refractivity contribution in [2.24, 2.45) is 41.4 Å². The van der Waals surface area contributed by atoms with Crippen LogP contribution in [0.15, 0.2) is 135 Å². The van der Waals surface area contributed by atoms with Crippen molar-refractivity contribution < 1.29 is 96.2 Å². The number of nitrogens with zero attached hydrogens (tertiary/aromatic N) is 12. The maximum atomic E-state index is 12.2. The van der Waals surface area contributed by atoms with Crippen LogP contribution in [-0.2, 0) is 66.5 Å². The summed E-state index contributed by atoms with van der Waals surface area (Å²) in [4.78, 5) is 111. The molecule has 0 radical (unpaired) electrons. The van der Waals surface area contributed by atoms with Gasteiger partial charge in [-0.05, 0) is 95.1 Å². The van der Waals surface area contributed by atoms with E-state index >= 15 is 0 Å². The highest BCUT2D eigenvalue weighted by Gasteiger charge is 2.57. The van der Waals surface area contributed by atoms with Crippen molar-refractivity contribution in [1.29, 1.82) is 0 Å². The van der Waals surface area contributed by atoms with E-state index in [0.29, 0.717) is 111 Å². The number of benzene rings is 3. The topological polar surface area (TPSA) is 468 Å². The van der Waals surface area contributed by atoms with E-state index in [9.17, 15) is 44.1 Å². The lowest BCUT2D eigenvalue weighted by Crippen LogP contribution is -2.34. The highest BCUT2D eigenvalue weighted by molar-refractivity contribution is 5.97. The number of anilines is 3. The summed E-state index contributed by atoms with van der Waals surface area (Å²) in [7, 11) is 0. The minimum Gasteiger partial charge on any atom is -0.481 e. The van der Waals surface area contributed by atoms with Crippen molar-refractivity contribution in [2.75, 3.05) is 75.2 Å². The number of fused-ring (bicyclic) bond motifs is 6. The Hall–Kier alpha value is -11.2. The number of aliphatic carboxylic acids is 3. The second kappa shape index (κ2) is 39.6. The molecule has 38 heteroatoms. The Morgan fingerprint density at radius 2 is 0.780 bits per heavy atom. The summed E-state index contributed by atoms with van der Waals surface area (Å²) in [5.74, 6) is -2.49. The van der Waals surface area contributed by atoms with Gasteiger partial charge < -0.3 is 87.9 Å². The molecule has 21 atom stereocenters. The molecule has 3 aromatic carbocycles. The van der Waals surface area contributed by atoms with Crippen molar-refractivity contribution in [3.05, 3.63) is 152 Å². The number of carbonyl (C=O) groups is 6. The standard InChI is InChI=1S/C30H36N6O6.C28H34N6O7.C27H32N6O7/c1-2-31-30(39)35-27-24-28(33-16-32-27)36(17-34-24)22-13-20(15-40-14-19-9-6-10-21(19)29(37)38)25-26(22)42-23(41-25)12-11-18-7-4-3-5-8-18;1-2-29-28(37)33-23-20-24(31-14-30-23)34(15-32-20)25-22-21(40-27(41-22)16-8-4-3-5-9-16)19(39-25)13-38-12-17-10-6-7-11-18(17)26(35)36;1-2-28-27(36)32-22-19-23(30-13-29-22)33(14-31-19)24-21-20(39-26(40-21)15-7-4-3-5-8-15)18(38-24)12-37-11-16-9-6-10-17(16)25(34)35/h3-5,7-8,11-12,16-17,19-23,25-26H,2,6,9-10,13-15H2,1H3,(H,37,38)(H2,31,32,33,35,39);3-5,8-9,14-15,17-19,21-22,25,27H,2,6-7,10-13H2,1H3,(H,35,36)(H2,29,30,31,33,37);3-5,7-8,13-14,16-18,20-21,24,26H,2,6,9-12H2,1H3,(H,34,35)(H2,28,29,30,32,36)/b12-11+;;/t19?,20?,21?,22?,23-,25?,26?;17?,18?,19?,21?,22?,25?,27-;16?,17?,18?,20?,21?,24?,26-/m000/s1. The summed E-state index contributed by atoms with van der Waals surface area (Å²) in [6.07, 6.45) is 15.6. The molecule has 4 aliphatic carbocycles. The van der Waals surface area contributed by atoms with Crippen LogP contribution in [0.25, 0.3) is 39.6 Å². The first-order valence-corrected chi connectivity index (χ1v) is 42.2. The molecule has 38 nitrogen and oxygen atoms in total. The zero-order chi connectivity index (χ0) is 85.0. The zero-order valence-electron chi connectivity index (χ0n) is 68.2. The Balaban J connectivity index is 0.000000137. The van der Waals surface area contributed by atoms with E-state index in [0.717, 1.165) is 61.6 Å². The highest BCUT2D eigenvalue weighted by Crippen LogP contribution is 2.50. The molecular formula is C85H102N18O20. The Morgan fingerprint density at radius 1 is 0.407 bits per heavy atom. The number of carboxylic acid groups (broad SMARTS) is 3. The predicted molar refractivity (Wildman–Crippen MR) is 438 cm³/mol. The van der Waals surface area contributed by atoms with Gasteiger partial charge in [-0.1, -0.05) is 123 Å². The molecule has 0 spiro atoms. The van der Waals surface area contributed by atoms with Crippen LogP contribution in [-0.4, -0.2) is 224 Å². The molecule has 9 fully saturated rings. The Kier molecular flexibility index (Phi) is 27.5. The van der Waals surface area contributed by atoms with Crippen LogP contribution in [0.3, 0.4) is 0 Å². The van der Waals surface area contributed by atoms with Crippen molar-refractivity contribution in [2.45, 2.75) is 178 Å². The summed E-state index contributed by atoms with van der Waals surface area (Å²) < 4.78 is 75.1. The molecule has 4 saturated carbocycles. The Labute approximate surface area is 706 Å². The summed E-state index contributed by atoms with van der Waals surface area (Å²) in [6.45, 7) is 8.89. The van der Waals surface area contributed by atoms with E-state index in [2.05, 4.69) is 76.8 Å². The van der Waals surface area contributed by atoms with E-state index in [1.165, 1.54) is 19.0 Å². The van der Waals surface area contributed by atoms with E-state index in [1.54, 1.807) is 28.1 Å². The third-order valence-corrected chi connectivity index (χ3v) is 24.1. The summed E-state index contributed by atoms with van der Waals surface area (Å²) in [6, 6.07) is 28.0. The third kappa shape index (κ3) is 19.3. The predicted octanol–water partition coefficient (Wildman–Crippen LogP) is 9.99. The minimum absolute atomic E-state index is 0.0200. The van der Waals surface area contributed by atoms with E-state index < -0.39 is 97.9 Å². The normalized spacial score (nSPS) is 29.2. The molecule has 0 bridgehead atoms. The van der Waals surface area contributed by atoms with Crippen LogP contribution < -0.4 is 31.9 Å². The fourth-order valence-corrected chi connectivity index (χ4v) is 18.2. The second-order valence-corrected chi connectivity index (χ2v) is 31.9. The number of ether oxygens (including phenoxy) is 11. The monoisotopic (exact) mass is 1690 g/mol. The molecule has 9 aliphatic rings. The lowest BCUT2D eigenvalue weighted by molar-refractivity contribution is -0.160. The number of rotatable bonds is 28. The SMILES string of the molecule is CCNC(=O)Nc1ncnc2c1ncn2C1CC(COCC2CCCC2C(=O)O)C2O[C@H](/C=C/c3ccccc3)OC21.CCNC(=O)Nc1ncnc2c1ncn2C1OC(COCC2CCCC2C(=O)O)C2O[C@H](c3ccccc3)OC21.CCNC(=O)Nc1ncnc2c1ncn2C1OC(COCC2CCCCC2C(=O)O)C2O[C@H](c3ccccc3)OC21. The number of aromatic nitrogens is 12. The van der Waals surface area contributed by atoms with Gasteiger partial charge in [0.25, 0.3) is 0 Å². The van der Waals surface area contributed by atoms with E-state index in [-0.39, 0.29) is 90.6 Å². The molecule has 9 N–H and O–H groups in total. The second-order valence-electron chi connectivity index (χ2n) is 31.9. The molecule has 18 unspecified atom stereocenters. The Bertz CT molecular complexity index is 5150. The molecule has 5 aliphatic heterocycles. The van der Waals surface area contributed by atoms with Gasteiger partial charge in [0.1, 0.15) is 61.7 Å². The maximum Gasteiger partial charge on any atom is 0.320 e. The van der Waals surface area contributed by atoms with E-state index in [1.807, 2.05) is 128 Å². The summed E-state index contributed by atoms with van der Waals surface area (Å²) in [5.41, 5.74) is 5.65. The first-order chi connectivity index (χ1) is 60.1. The fraction of sp³-hybridized carbons (Fsp3) is 0.518. The van der Waals surface area contributed by atoms with Crippen molar-refractivity contribution in [1.82, 2.24) is 74.5 Å². The van der Waals surface area contributed by atoms with E-state index in [4.69, 9.17) is 52.1 Å². The highest BCUT2D eigenvalue weighted by atomic mass is 16.8. The van der Waals surface area contributed by atoms with Crippen LogP contribution >= 0.6 is 0 Å². The average Bonchev–Trinajstić information content (AvgIpc) is 1.60. The van der Waals surface area contributed by atoms with Gasteiger partial charge in [0, 0.05) is 36.7 Å². The van der Waals surface area contributed by atoms with Crippen LogP contribution in [0.5, 0.6) is 0 Å². The minimum atomic E-state index is -0.767. The number of nitrogens with one attached hydrogen (secondary N) is 6. The number of carboxylic acids is 3. The zero-order valence-corrected chi connectivity index (χ0v) is 68.2. The number of carbonyl (C=O) groups excluding carboxylic acids is 3. The molecule has 652 valence electrons. The number of amides is 6. The average molecular weight is 1700 g/mol. The molecule has 6 aromatic heterocycles. The van der Waals surface area contributed by atoms with Gasteiger partial charge in [-0.25, -0.2) is 59.2 Å². The van der Waals surface area contributed by atoms with Gasteiger partial charge >= 0.3 is 36.0 Å². The van der Waals surface area contributed by atoms with Gasteiger partial charge in [-0.2, -0.15) is 0 Å². The molecule has 6 amide bonds. The van der Waals surface area contributed by atoms with Gasteiger partial charge in [0.05, 0.1) is 88.5 Å². The molecule has 18 rings (SSSR count). The van der Waals surface area contributed by atoms with Crippen LogP contribution in [0, 0.1) is 41.4 Å². The van der Waals surface area contributed by atoms with Crippen molar-refractivity contribution >= 4 is 93.0 Å². The summed E-state index contributed by atoms with van der Waals surface area (Å²) >= 11 is 0. The maximum absolute atomic E-state index is 12.2. The third-order valence-electron chi connectivity index (χ3n) is 24.1. The number of imidazole rings is 3.